The van der Waals surface area contributed by atoms with Crippen molar-refractivity contribution in [2.45, 2.75) is 39.0 Å². The molecule has 1 heterocycles. The lowest BCUT2D eigenvalue weighted by molar-refractivity contribution is 0.405. The molecular weight excluding hydrogens is 274 g/mol. The standard InChI is InChI=1S/C15H20BrN/c1-12-7-8-15(17-11-12)9-14(10-16)13-5-3-2-4-6-13/h7-9,11,13H,2-6,10H2,1H3/b14-9-. The first kappa shape index (κ1) is 12.8. The highest BCUT2D eigenvalue weighted by Crippen LogP contribution is 2.31. The molecule has 1 aromatic heterocycles. The van der Waals surface area contributed by atoms with E-state index in [4.69, 9.17) is 0 Å². The molecule has 0 N–H and O–H groups in total. The van der Waals surface area contributed by atoms with E-state index in [0.29, 0.717) is 0 Å². The van der Waals surface area contributed by atoms with Crippen LogP contribution < -0.4 is 0 Å². The van der Waals surface area contributed by atoms with Crippen LogP contribution in [0.25, 0.3) is 6.08 Å². The zero-order valence-electron chi connectivity index (χ0n) is 10.5. The summed E-state index contributed by atoms with van der Waals surface area (Å²) >= 11 is 3.63. The van der Waals surface area contributed by atoms with E-state index < -0.39 is 0 Å². The van der Waals surface area contributed by atoms with Gasteiger partial charge in [0.05, 0.1) is 5.69 Å². The SMILES string of the molecule is Cc1ccc(/C=C(/CBr)C2CCCCC2)nc1. The summed E-state index contributed by atoms with van der Waals surface area (Å²) in [6.07, 6.45) is 11.1. The maximum atomic E-state index is 4.46. The van der Waals surface area contributed by atoms with Crippen LogP contribution in [0.3, 0.4) is 0 Å². The van der Waals surface area contributed by atoms with Crippen LogP contribution in [-0.2, 0) is 0 Å². The maximum absolute atomic E-state index is 4.46. The molecule has 2 heteroatoms. The van der Waals surface area contributed by atoms with E-state index in [1.165, 1.54) is 43.2 Å². The fraction of sp³-hybridized carbons (Fsp3) is 0.533. The Hall–Kier alpha value is -0.630. The van der Waals surface area contributed by atoms with Crippen molar-refractivity contribution in [2.24, 2.45) is 5.92 Å². The number of hydrogen-bond acceptors (Lipinski definition) is 1. The molecule has 1 fully saturated rings. The second-order valence-electron chi connectivity index (χ2n) is 4.95. The van der Waals surface area contributed by atoms with Crippen molar-refractivity contribution in [3.05, 3.63) is 35.2 Å². The molecule has 0 amide bonds. The summed E-state index contributed by atoms with van der Waals surface area (Å²) in [7, 11) is 0. The number of pyridine rings is 1. The average molecular weight is 294 g/mol. The average Bonchev–Trinajstić information content (AvgIpc) is 2.39. The second-order valence-corrected chi connectivity index (χ2v) is 5.51. The van der Waals surface area contributed by atoms with Crippen LogP contribution in [0.15, 0.2) is 23.9 Å². The van der Waals surface area contributed by atoms with Gasteiger partial charge in [-0.3, -0.25) is 4.98 Å². The van der Waals surface area contributed by atoms with Gasteiger partial charge >= 0.3 is 0 Å². The molecule has 1 aromatic rings. The summed E-state index contributed by atoms with van der Waals surface area (Å²) < 4.78 is 0. The molecule has 0 radical (unpaired) electrons. The fourth-order valence-corrected chi connectivity index (χ4v) is 3.11. The van der Waals surface area contributed by atoms with Crippen molar-refractivity contribution in [1.29, 1.82) is 0 Å². The Kier molecular flexibility index (Phi) is 4.78. The first-order valence-corrected chi connectivity index (χ1v) is 7.61. The van der Waals surface area contributed by atoms with E-state index in [1.807, 2.05) is 6.20 Å². The predicted octanol–water partition coefficient (Wildman–Crippen LogP) is 4.75. The van der Waals surface area contributed by atoms with Gasteiger partial charge < -0.3 is 0 Å². The smallest absolute Gasteiger partial charge is 0.0629 e. The van der Waals surface area contributed by atoms with Gasteiger partial charge in [-0.05, 0) is 43.4 Å². The number of nitrogens with zero attached hydrogens (tertiary/aromatic N) is 1. The van der Waals surface area contributed by atoms with Gasteiger partial charge in [-0.25, -0.2) is 0 Å². The monoisotopic (exact) mass is 293 g/mol. The molecule has 0 spiro atoms. The number of halogens is 1. The first-order valence-electron chi connectivity index (χ1n) is 6.48. The van der Waals surface area contributed by atoms with E-state index in [9.17, 15) is 0 Å². The van der Waals surface area contributed by atoms with Crippen LogP contribution in [-0.4, -0.2) is 10.3 Å². The van der Waals surface area contributed by atoms with E-state index in [1.54, 1.807) is 0 Å². The molecule has 2 rings (SSSR count). The summed E-state index contributed by atoms with van der Waals surface area (Å²) in [5.41, 5.74) is 3.83. The van der Waals surface area contributed by atoms with Crippen molar-refractivity contribution in [3.8, 4) is 0 Å². The van der Waals surface area contributed by atoms with E-state index in [2.05, 4.69) is 46.0 Å². The van der Waals surface area contributed by atoms with Crippen molar-refractivity contribution in [1.82, 2.24) is 4.98 Å². The highest BCUT2D eigenvalue weighted by Gasteiger charge is 2.16. The normalized spacial score (nSPS) is 18.4. The molecule has 0 aromatic carbocycles. The summed E-state index contributed by atoms with van der Waals surface area (Å²) in [5, 5.41) is 0.979. The van der Waals surface area contributed by atoms with E-state index in [-0.39, 0.29) is 0 Å². The number of aryl methyl sites for hydroxylation is 1. The number of rotatable bonds is 3. The lowest BCUT2D eigenvalue weighted by Crippen LogP contribution is -2.10. The number of alkyl halides is 1. The Morgan fingerprint density at radius 2 is 2.12 bits per heavy atom. The zero-order valence-corrected chi connectivity index (χ0v) is 12.0. The van der Waals surface area contributed by atoms with Gasteiger partial charge in [0.25, 0.3) is 0 Å². The third-order valence-electron chi connectivity index (χ3n) is 3.55. The Labute approximate surface area is 112 Å². The minimum atomic E-state index is 0.770. The summed E-state index contributed by atoms with van der Waals surface area (Å²) in [4.78, 5) is 4.46. The molecule has 1 saturated carbocycles. The van der Waals surface area contributed by atoms with Gasteiger partial charge in [0.15, 0.2) is 0 Å². The highest BCUT2D eigenvalue weighted by molar-refractivity contribution is 9.09. The third-order valence-corrected chi connectivity index (χ3v) is 4.20. The van der Waals surface area contributed by atoms with Crippen LogP contribution in [0.4, 0.5) is 0 Å². The van der Waals surface area contributed by atoms with Crippen LogP contribution in [0.2, 0.25) is 0 Å². The van der Waals surface area contributed by atoms with Gasteiger partial charge in [0.2, 0.25) is 0 Å². The highest BCUT2D eigenvalue weighted by atomic mass is 79.9. The Morgan fingerprint density at radius 1 is 1.35 bits per heavy atom. The maximum Gasteiger partial charge on any atom is 0.0629 e. The van der Waals surface area contributed by atoms with Gasteiger partial charge in [0.1, 0.15) is 0 Å². The van der Waals surface area contributed by atoms with Crippen LogP contribution >= 0.6 is 15.9 Å². The lowest BCUT2D eigenvalue weighted by atomic mass is 9.84. The molecule has 1 nitrogen and oxygen atoms in total. The molecule has 1 aliphatic carbocycles. The quantitative estimate of drug-likeness (QED) is 0.733. The van der Waals surface area contributed by atoms with E-state index in [0.717, 1.165) is 16.9 Å². The zero-order chi connectivity index (χ0) is 12.1. The number of aromatic nitrogens is 1. The molecule has 17 heavy (non-hydrogen) atoms. The molecule has 0 unspecified atom stereocenters. The molecule has 0 saturated heterocycles. The minimum absolute atomic E-state index is 0.770. The van der Waals surface area contributed by atoms with Crippen molar-refractivity contribution >= 4 is 22.0 Å². The van der Waals surface area contributed by atoms with Crippen LogP contribution in [0, 0.1) is 12.8 Å². The summed E-state index contributed by atoms with van der Waals surface area (Å²) in [6, 6.07) is 4.24. The predicted molar refractivity (Wildman–Crippen MR) is 77.3 cm³/mol. The topological polar surface area (TPSA) is 12.9 Å². The first-order chi connectivity index (χ1) is 8.29. The number of allylic oxidation sites excluding steroid dienone is 1. The molecular formula is C15H20BrN. The Bertz CT molecular complexity index is 374. The molecule has 0 bridgehead atoms. The Balaban J connectivity index is 2.13. The van der Waals surface area contributed by atoms with Crippen LogP contribution in [0.1, 0.15) is 43.4 Å². The minimum Gasteiger partial charge on any atom is -0.257 e. The van der Waals surface area contributed by atoms with Crippen molar-refractivity contribution in [3.63, 3.8) is 0 Å². The molecule has 0 aliphatic heterocycles. The summed E-state index contributed by atoms with van der Waals surface area (Å²) in [5.74, 6) is 0.770. The van der Waals surface area contributed by atoms with Gasteiger partial charge in [-0.15, -0.1) is 0 Å². The molecule has 1 aliphatic rings. The van der Waals surface area contributed by atoms with Crippen LogP contribution in [0.5, 0.6) is 0 Å². The molecule has 0 atom stereocenters. The lowest BCUT2D eigenvalue weighted by Gasteiger charge is -2.23. The Morgan fingerprint density at radius 3 is 2.71 bits per heavy atom. The van der Waals surface area contributed by atoms with Gasteiger partial charge in [0, 0.05) is 11.5 Å². The summed E-state index contributed by atoms with van der Waals surface area (Å²) in [6.45, 7) is 2.08. The van der Waals surface area contributed by atoms with E-state index >= 15 is 0 Å². The second kappa shape index (κ2) is 6.34. The molecule has 92 valence electrons. The van der Waals surface area contributed by atoms with Gasteiger partial charge in [-0.1, -0.05) is 46.8 Å². The fourth-order valence-electron chi connectivity index (χ4n) is 2.49. The number of hydrogen-bond donors (Lipinski definition) is 0. The largest absolute Gasteiger partial charge is 0.257 e. The van der Waals surface area contributed by atoms with Crippen molar-refractivity contribution < 1.29 is 0 Å². The third kappa shape index (κ3) is 3.67. The van der Waals surface area contributed by atoms with Gasteiger partial charge in [-0.2, -0.15) is 0 Å². The van der Waals surface area contributed by atoms with Crippen molar-refractivity contribution in [2.75, 3.05) is 5.33 Å².